The van der Waals surface area contributed by atoms with Gasteiger partial charge in [-0.25, -0.2) is 0 Å². The molecule has 1 aromatic heterocycles. The average Bonchev–Trinajstić information content (AvgIpc) is 2.57. The molecule has 0 aliphatic carbocycles. The molecule has 1 unspecified atom stereocenters. The van der Waals surface area contributed by atoms with Crippen LogP contribution in [0.3, 0.4) is 0 Å². The highest BCUT2D eigenvalue weighted by molar-refractivity contribution is 9.10. The lowest BCUT2D eigenvalue weighted by Crippen LogP contribution is -1.99. The van der Waals surface area contributed by atoms with E-state index >= 15 is 0 Å². The molecule has 3 rings (SSSR count). The SMILES string of the molecule is Cc1ccc(Br)cc1C(C)CCCc1cccc2cccnc12. The van der Waals surface area contributed by atoms with E-state index in [1.54, 1.807) is 0 Å². The van der Waals surface area contributed by atoms with Crippen LogP contribution in [0.1, 0.15) is 42.4 Å². The Morgan fingerprint density at radius 3 is 2.78 bits per heavy atom. The van der Waals surface area contributed by atoms with Crippen LogP contribution in [-0.4, -0.2) is 4.98 Å². The first-order chi connectivity index (χ1) is 11.1. The van der Waals surface area contributed by atoms with Gasteiger partial charge in [-0.3, -0.25) is 4.98 Å². The van der Waals surface area contributed by atoms with Crippen molar-refractivity contribution in [2.75, 3.05) is 0 Å². The molecule has 0 radical (unpaired) electrons. The van der Waals surface area contributed by atoms with E-state index in [0.29, 0.717) is 5.92 Å². The van der Waals surface area contributed by atoms with Gasteiger partial charge in [-0.1, -0.05) is 53.2 Å². The lowest BCUT2D eigenvalue weighted by Gasteiger charge is -2.15. The summed E-state index contributed by atoms with van der Waals surface area (Å²) in [4.78, 5) is 4.56. The van der Waals surface area contributed by atoms with E-state index in [4.69, 9.17) is 0 Å². The summed E-state index contributed by atoms with van der Waals surface area (Å²) in [5, 5.41) is 1.24. The number of aromatic nitrogens is 1. The number of halogens is 1. The first-order valence-electron chi connectivity index (χ1n) is 8.24. The molecule has 0 saturated carbocycles. The minimum Gasteiger partial charge on any atom is -0.256 e. The normalized spacial score (nSPS) is 12.5. The summed E-state index contributed by atoms with van der Waals surface area (Å²) in [6, 6.07) is 17.2. The van der Waals surface area contributed by atoms with Crippen molar-refractivity contribution in [1.82, 2.24) is 4.98 Å². The van der Waals surface area contributed by atoms with E-state index < -0.39 is 0 Å². The molecule has 2 heteroatoms. The predicted octanol–water partition coefficient (Wildman–Crippen LogP) is 6.43. The van der Waals surface area contributed by atoms with E-state index in [2.05, 4.69) is 77.2 Å². The Morgan fingerprint density at radius 2 is 1.91 bits per heavy atom. The van der Waals surface area contributed by atoms with E-state index in [9.17, 15) is 0 Å². The maximum absolute atomic E-state index is 4.56. The quantitative estimate of drug-likeness (QED) is 0.506. The number of para-hydroxylation sites is 1. The van der Waals surface area contributed by atoms with E-state index in [1.165, 1.54) is 39.4 Å². The summed E-state index contributed by atoms with van der Waals surface area (Å²) < 4.78 is 1.17. The maximum atomic E-state index is 4.56. The van der Waals surface area contributed by atoms with Crippen molar-refractivity contribution in [3.05, 3.63) is 75.9 Å². The lowest BCUT2D eigenvalue weighted by molar-refractivity contribution is 0.631. The Hall–Kier alpha value is -1.67. The molecular weight excluding hydrogens is 346 g/mol. The van der Waals surface area contributed by atoms with Crippen LogP contribution in [0.15, 0.2) is 59.2 Å². The van der Waals surface area contributed by atoms with Crippen molar-refractivity contribution in [3.63, 3.8) is 0 Å². The second-order valence-corrected chi connectivity index (χ2v) is 7.20. The number of benzene rings is 2. The number of hydrogen-bond donors (Lipinski definition) is 0. The number of aryl methyl sites for hydroxylation is 2. The van der Waals surface area contributed by atoms with Crippen LogP contribution in [0, 0.1) is 6.92 Å². The summed E-state index contributed by atoms with van der Waals surface area (Å²) in [7, 11) is 0. The van der Waals surface area contributed by atoms with Crippen molar-refractivity contribution in [3.8, 4) is 0 Å². The minimum atomic E-state index is 0.579. The Labute approximate surface area is 146 Å². The van der Waals surface area contributed by atoms with E-state index in [1.807, 2.05) is 12.3 Å². The van der Waals surface area contributed by atoms with Crippen LogP contribution >= 0.6 is 15.9 Å². The fourth-order valence-electron chi connectivity index (χ4n) is 3.27. The van der Waals surface area contributed by atoms with Gasteiger partial charge in [0.2, 0.25) is 0 Å². The van der Waals surface area contributed by atoms with Crippen molar-refractivity contribution in [2.24, 2.45) is 0 Å². The van der Waals surface area contributed by atoms with Crippen LogP contribution < -0.4 is 0 Å². The zero-order chi connectivity index (χ0) is 16.2. The summed E-state index contributed by atoms with van der Waals surface area (Å²) >= 11 is 3.59. The summed E-state index contributed by atoms with van der Waals surface area (Å²) in [6.45, 7) is 4.53. The molecule has 0 saturated heterocycles. The molecule has 0 amide bonds. The van der Waals surface area contributed by atoms with Gasteiger partial charge in [-0.15, -0.1) is 0 Å². The van der Waals surface area contributed by atoms with Crippen molar-refractivity contribution in [2.45, 2.75) is 39.0 Å². The number of hydrogen-bond acceptors (Lipinski definition) is 1. The summed E-state index contributed by atoms with van der Waals surface area (Å²) in [5.74, 6) is 0.579. The smallest absolute Gasteiger partial charge is 0.0733 e. The van der Waals surface area contributed by atoms with Gasteiger partial charge >= 0.3 is 0 Å². The van der Waals surface area contributed by atoms with Gasteiger partial charge in [0.05, 0.1) is 5.52 Å². The Balaban J connectivity index is 1.68. The van der Waals surface area contributed by atoms with Crippen LogP contribution in [0.5, 0.6) is 0 Å². The van der Waals surface area contributed by atoms with Gasteiger partial charge in [0, 0.05) is 16.1 Å². The number of nitrogens with zero attached hydrogens (tertiary/aromatic N) is 1. The standard InChI is InChI=1S/C21H22BrN/c1-15(20-14-19(22)12-11-16(20)2)6-3-7-17-8-4-9-18-10-5-13-23-21(17)18/h4-5,8-15H,3,6-7H2,1-2H3. The first kappa shape index (κ1) is 16.2. The summed E-state index contributed by atoms with van der Waals surface area (Å²) in [5.41, 5.74) is 5.35. The molecule has 0 aliphatic rings. The molecule has 23 heavy (non-hydrogen) atoms. The Kier molecular flexibility index (Phi) is 5.12. The Morgan fingerprint density at radius 1 is 1.09 bits per heavy atom. The van der Waals surface area contributed by atoms with Gasteiger partial charge < -0.3 is 0 Å². The first-order valence-corrected chi connectivity index (χ1v) is 9.03. The minimum absolute atomic E-state index is 0.579. The lowest BCUT2D eigenvalue weighted by atomic mass is 9.91. The highest BCUT2D eigenvalue weighted by Crippen LogP contribution is 2.28. The van der Waals surface area contributed by atoms with E-state index in [-0.39, 0.29) is 0 Å². The number of rotatable bonds is 5. The molecule has 1 atom stereocenters. The highest BCUT2D eigenvalue weighted by Gasteiger charge is 2.10. The molecule has 0 aliphatic heterocycles. The van der Waals surface area contributed by atoms with Crippen molar-refractivity contribution in [1.29, 1.82) is 0 Å². The predicted molar refractivity (Wildman–Crippen MR) is 102 cm³/mol. The number of pyridine rings is 1. The fourth-order valence-corrected chi connectivity index (χ4v) is 3.64. The van der Waals surface area contributed by atoms with Gasteiger partial charge in [-0.05, 0) is 67.0 Å². The third-order valence-electron chi connectivity index (χ3n) is 4.57. The van der Waals surface area contributed by atoms with Gasteiger partial charge in [0.15, 0.2) is 0 Å². The topological polar surface area (TPSA) is 12.9 Å². The van der Waals surface area contributed by atoms with Crippen LogP contribution in [0.25, 0.3) is 10.9 Å². The molecule has 1 nitrogen and oxygen atoms in total. The maximum Gasteiger partial charge on any atom is 0.0733 e. The number of fused-ring (bicyclic) bond motifs is 1. The van der Waals surface area contributed by atoms with Crippen molar-refractivity contribution >= 4 is 26.8 Å². The second-order valence-electron chi connectivity index (χ2n) is 6.29. The summed E-state index contributed by atoms with van der Waals surface area (Å²) in [6.07, 6.45) is 5.36. The van der Waals surface area contributed by atoms with Crippen LogP contribution in [0.2, 0.25) is 0 Å². The second kappa shape index (κ2) is 7.27. The van der Waals surface area contributed by atoms with Gasteiger partial charge in [-0.2, -0.15) is 0 Å². The van der Waals surface area contributed by atoms with E-state index in [0.717, 1.165) is 11.9 Å². The molecule has 1 heterocycles. The highest BCUT2D eigenvalue weighted by atomic mass is 79.9. The molecule has 0 bridgehead atoms. The Bertz CT molecular complexity index is 805. The molecule has 118 valence electrons. The zero-order valence-corrected chi connectivity index (χ0v) is 15.3. The molecule has 0 N–H and O–H groups in total. The van der Waals surface area contributed by atoms with Gasteiger partial charge in [0.1, 0.15) is 0 Å². The van der Waals surface area contributed by atoms with Gasteiger partial charge in [0.25, 0.3) is 0 Å². The molecule has 2 aromatic carbocycles. The third kappa shape index (κ3) is 3.81. The molecule has 0 spiro atoms. The largest absolute Gasteiger partial charge is 0.256 e. The third-order valence-corrected chi connectivity index (χ3v) is 5.06. The van der Waals surface area contributed by atoms with Crippen molar-refractivity contribution < 1.29 is 0 Å². The van der Waals surface area contributed by atoms with Crippen LogP contribution in [-0.2, 0) is 6.42 Å². The monoisotopic (exact) mass is 367 g/mol. The molecule has 0 fully saturated rings. The fraction of sp³-hybridized carbons (Fsp3) is 0.286. The average molecular weight is 368 g/mol. The van der Waals surface area contributed by atoms with Crippen LogP contribution in [0.4, 0.5) is 0 Å². The molecule has 3 aromatic rings. The molecular formula is C21H22BrN. The zero-order valence-electron chi connectivity index (χ0n) is 13.7.